The average Bonchev–Trinajstić information content (AvgIpc) is 2.68. The van der Waals surface area contributed by atoms with Crippen LogP contribution in [-0.4, -0.2) is 36.0 Å². The van der Waals surface area contributed by atoms with Gasteiger partial charge < -0.3 is 15.5 Å². The molecule has 2 aromatic carbocycles. The Hall–Kier alpha value is -1.75. The van der Waals surface area contributed by atoms with Gasteiger partial charge in [-0.1, -0.05) is 47.5 Å². The summed E-state index contributed by atoms with van der Waals surface area (Å²) in [6, 6.07) is 12.2. The van der Waals surface area contributed by atoms with Gasteiger partial charge in [0.2, 0.25) is 0 Å². The second-order valence-corrected chi connectivity index (χ2v) is 8.76. The number of benzene rings is 2. The van der Waals surface area contributed by atoms with Gasteiger partial charge in [0.1, 0.15) is 0 Å². The van der Waals surface area contributed by atoms with Gasteiger partial charge in [0.05, 0.1) is 6.04 Å². The second-order valence-electron chi connectivity index (χ2n) is 7.92. The number of primary amides is 1. The molecule has 2 N–H and O–H groups in total. The summed E-state index contributed by atoms with van der Waals surface area (Å²) >= 11 is 12.8. The highest BCUT2D eigenvalue weighted by Crippen LogP contribution is 2.40. The highest BCUT2D eigenvalue weighted by molar-refractivity contribution is 6.35. The number of rotatable bonds is 2. The number of halogens is 2. The van der Waals surface area contributed by atoms with Crippen molar-refractivity contribution < 1.29 is 4.79 Å². The maximum Gasteiger partial charge on any atom is 0.315 e. The molecule has 1 saturated heterocycles. The second kappa shape index (κ2) is 7.94. The monoisotopic (exact) mass is 417 g/mol. The molecule has 2 aromatic rings. The lowest BCUT2D eigenvalue weighted by atomic mass is 9.83. The fourth-order valence-electron chi connectivity index (χ4n) is 4.66. The molecule has 0 bridgehead atoms. The third kappa shape index (κ3) is 3.73. The lowest BCUT2D eigenvalue weighted by molar-refractivity contribution is 0.160. The Kier molecular flexibility index (Phi) is 5.55. The molecule has 2 aliphatic rings. The van der Waals surface area contributed by atoms with Gasteiger partial charge in [-0.25, -0.2) is 4.79 Å². The number of piperidine rings is 1. The van der Waals surface area contributed by atoms with Gasteiger partial charge in [-0.2, -0.15) is 0 Å². The fraction of sp³-hybridized carbons (Fsp3) is 0.409. The zero-order valence-electron chi connectivity index (χ0n) is 16.0. The highest BCUT2D eigenvalue weighted by Gasteiger charge is 2.30. The number of hydrogen-bond donors (Lipinski definition) is 1. The molecule has 0 aliphatic carbocycles. The zero-order chi connectivity index (χ0) is 19.8. The van der Waals surface area contributed by atoms with Crippen LogP contribution in [0.15, 0.2) is 36.4 Å². The number of likely N-dealkylation sites (tertiary alicyclic amines) is 1. The van der Waals surface area contributed by atoms with E-state index in [9.17, 15) is 4.79 Å². The van der Waals surface area contributed by atoms with E-state index in [1.54, 1.807) is 4.90 Å². The van der Waals surface area contributed by atoms with E-state index in [0.717, 1.165) is 55.0 Å². The third-order valence-electron chi connectivity index (χ3n) is 5.98. The molecule has 1 fully saturated rings. The first kappa shape index (κ1) is 19.6. The van der Waals surface area contributed by atoms with E-state index in [2.05, 4.69) is 36.2 Å². The molecule has 2 atom stereocenters. The van der Waals surface area contributed by atoms with Crippen molar-refractivity contribution in [3.63, 3.8) is 0 Å². The number of likely N-dealkylation sites (N-methyl/N-ethyl adjacent to an activating group) is 1. The number of urea groups is 1. The molecular weight excluding hydrogens is 393 g/mol. The number of amides is 2. The van der Waals surface area contributed by atoms with E-state index >= 15 is 0 Å². The average molecular weight is 418 g/mol. The number of carbonyl (C=O) groups excluding carboxylic acids is 1. The highest BCUT2D eigenvalue weighted by atomic mass is 35.5. The topological polar surface area (TPSA) is 49.6 Å². The van der Waals surface area contributed by atoms with Gasteiger partial charge in [-0.05, 0) is 60.7 Å². The van der Waals surface area contributed by atoms with Crippen LogP contribution >= 0.6 is 23.2 Å². The van der Waals surface area contributed by atoms with Crippen molar-refractivity contribution >= 4 is 29.2 Å². The molecule has 0 aromatic heterocycles. The Morgan fingerprint density at radius 2 is 1.93 bits per heavy atom. The summed E-state index contributed by atoms with van der Waals surface area (Å²) in [6.07, 6.45) is 3.07. The van der Waals surface area contributed by atoms with Crippen LogP contribution in [0.25, 0.3) is 0 Å². The van der Waals surface area contributed by atoms with Gasteiger partial charge in [-0.15, -0.1) is 0 Å². The van der Waals surface area contributed by atoms with Crippen molar-refractivity contribution in [1.29, 1.82) is 0 Å². The lowest BCUT2D eigenvalue weighted by Crippen LogP contribution is -2.41. The van der Waals surface area contributed by atoms with E-state index in [1.807, 2.05) is 12.1 Å². The molecule has 0 spiro atoms. The standard InChI is InChI=1S/C22H25Cl2N3O/c1-26-12-18(17-10-16(23)11-20(24)19(17)13-26)14-5-4-6-15(9-14)21-7-2-3-8-27(21)22(25)28/h4-6,9-11,18,21H,2-3,7-8,12-13H2,1H3,(H2,25,28). The van der Waals surface area contributed by atoms with E-state index < -0.39 is 0 Å². The van der Waals surface area contributed by atoms with E-state index in [-0.39, 0.29) is 18.0 Å². The number of hydrogen-bond acceptors (Lipinski definition) is 2. The van der Waals surface area contributed by atoms with Gasteiger partial charge in [0, 0.05) is 35.6 Å². The minimum Gasteiger partial charge on any atom is -0.351 e. The molecule has 2 heterocycles. The molecule has 2 unspecified atom stereocenters. The molecule has 148 valence electrons. The first-order valence-corrected chi connectivity index (χ1v) is 10.5. The van der Waals surface area contributed by atoms with Gasteiger partial charge >= 0.3 is 6.03 Å². The molecule has 4 nitrogen and oxygen atoms in total. The van der Waals surface area contributed by atoms with Crippen LogP contribution in [0.5, 0.6) is 0 Å². The van der Waals surface area contributed by atoms with Gasteiger partial charge in [0.15, 0.2) is 0 Å². The molecule has 0 saturated carbocycles. The van der Waals surface area contributed by atoms with Gasteiger partial charge in [0.25, 0.3) is 0 Å². The first-order valence-electron chi connectivity index (χ1n) is 9.76. The summed E-state index contributed by atoms with van der Waals surface area (Å²) in [6.45, 7) is 2.45. The minimum atomic E-state index is -0.337. The van der Waals surface area contributed by atoms with Crippen LogP contribution in [0.4, 0.5) is 4.79 Å². The van der Waals surface area contributed by atoms with Crippen molar-refractivity contribution in [3.05, 3.63) is 68.7 Å². The third-order valence-corrected chi connectivity index (χ3v) is 6.53. The van der Waals surface area contributed by atoms with Crippen molar-refractivity contribution in [3.8, 4) is 0 Å². The van der Waals surface area contributed by atoms with Crippen LogP contribution in [0, 0.1) is 0 Å². The van der Waals surface area contributed by atoms with Crippen LogP contribution < -0.4 is 5.73 Å². The summed E-state index contributed by atoms with van der Waals surface area (Å²) in [5.74, 6) is 0.190. The van der Waals surface area contributed by atoms with Crippen LogP contribution in [0.1, 0.15) is 53.5 Å². The fourth-order valence-corrected chi connectivity index (χ4v) is 5.22. The molecule has 6 heteroatoms. The molecule has 28 heavy (non-hydrogen) atoms. The SMILES string of the molecule is CN1Cc2c(Cl)cc(Cl)cc2C(c2cccc(C3CCCCN3C(N)=O)c2)C1. The van der Waals surface area contributed by atoms with Crippen molar-refractivity contribution in [1.82, 2.24) is 9.80 Å². The summed E-state index contributed by atoms with van der Waals surface area (Å²) in [5, 5.41) is 1.39. The van der Waals surface area contributed by atoms with Crippen LogP contribution in [-0.2, 0) is 6.54 Å². The van der Waals surface area contributed by atoms with E-state index in [0.29, 0.717) is 5.02 Å². The quantitative estimate of drug-likeness (QED) is 0.731. The Morgan fingerprint density at radius 1 is 1.14 bits per heavy atom. The normalized spacial score (nSPS) is 22.8. The Morgan fingerprint density at radius 3 is 2.71 bits per heavy atom. The molecule has 2 amide bonds. The lowest BCUT2D eigenvalue weighted by Gasteiger charge is -2.36. The Bertz CT molecular complexity index is 901. The van der Waals surface area contributed by atoms with Gasteiger partial charge in [-0.3, -0.25) is 0 Å². The largest absolute Gasteiger partial charge is 0.351 e. The zero-order valence-corrected chi connectivity index (χ0v) is 17.5. The van der Waals surface area contributed by atoms with Crippen molar-refractivity contribution in [2.45, 2.75) is 37.8 Å². The molecule has 2 aliphatic heterocycles. The molecular formula is C22H25Cl2N3O. The number of nitrogens with zero attached hydrogens (tertiary/aromatic N) is 2. The number of fused-ring (bicyclic) bond motifs is 1. The van der Waals surface area contributed by atoms with Crippen LogP contribution in [0.3, 0.4) is 0 Å². The summed E-state index contributed by atoms with van der Waals surface area (Å²) < 4.78 is 0. The maximum absolute atomic E-state index is 11.9. The maximum atomic E-state index is 11.9. The van der Waals surface area contributed by atoms with Crippen molar-refractivity contribution in [2.24, 2.45) is 5.73 Å². The number of nitrogens with two attached hydrogens (primary N) is 1. The summed E-state index contributed by atoms with van der Waals surface area (Å²) in [5.41, 5.74) is 10.4. The predicted molar refractivity (Wildman–Crippen MR) is 114 cm³/mol. The predicted octanol–water partition coefficient (Wildman–Crippen LogP) is 5.18. The number of carbonyl (C=O) groups is 1. The first-order chi connectivity index (χ1) is 13.4. The minimum absolute atomic E-state index is 0.0509. The Balaban J connectivity index is 1.73. The molecule has 0 radical (unpaired) electrons. The smallest absolute Gasteiger partial charge is 0.315 e. The summed E-state index contributed by atoms with van der Waals surface area (Å²) in [4.78, 5) is 16.0. The van der Waals surface area contributed by atoms with E-state index in [1.165, 1.54) is 11.1 Å². The van der Waals surface area contributed by atoms with E-state index in [4.69, 9.17) is 28.9 Å². The van der Waals surface area contributed by atoms with Crippen molar-refractivity contribution in [2.75, 3.05) is 20.1 Å². The Labute approximate surface area is 176 Å². The van der Waals surface area contributed by atoms with Crippen LogP contribution in [0.2, 0.25) is 10.0 Å². The summed E-state index contributed by atoms with van der Waals surface area (Å²) in [7, 11) is 2.11. The molecule has 4 rings (SSSR count).